The van der Waals surface area contributed by atoms with Crippen LogP contribution >= 0.6 is 0 Å². The zero-order valence-corrected chi connectivity index (χ0v) is 42.3. The molecule has 0 saturated carbocycles. The molecule has 6 aromatic rings. The molecule has 6 atom stereocenters. The maximum Gasteiger partial charge on any atom is 0.246 e. The fourth-order valence-corrected chi connectivity index (χ4v) is 10.1. The summed E-state index contributed by atoms with van der Waals surface area (Å²) in [4.78, 5) is 119. The summed E-state index contributed by atoms with van der Waals surface area (Å²) in [7, 11) is 0. The quantitative estimate of drug-likeness (QED) is 0.0477. The molecular formula is C55H64N12O9. The van der Waals surface area contributed by atoms with Gasteiger partial charge in [-0.3, -0.25) is 38.4 Å². The number of para-hydroxylation sites is 2. The molecule has 0 fully saturated rings. The van der Waals surface area contributed by atoms with Crippen molar-refractivity contribution in [3.8, 4) is 0 Å². The van der Waals surface area contributed by atoms with Crippen LogP contribution in [0.4, 0.5) is 0 Å². The molecule has 2 aliphatic rings. The standard InChI is InChI=1S/C55H64N12O9/c1-31(68)60-44(25-56)50(71)64-42(21-33-13-5-3-6-14-33)54(75)66-29-46-38(36-17-9-11-19-40(36)62-46)23-48(66)52(73)58-27-35(70)28-59-53(74)49-24-39-37-18-10-12-20-41(37)63-47(39)30-67(49)55(76)43(22-34-15-7-4-8-16-34)65-51(72)45(26-57)61-32(2)69/h3-20,35,42-45,48-49,62-63,70H,21-30,56-57H2,1-2H3,(H,58,73)(H,59,74)(H,60,68)(H,61,69)(H,64,71)(H,65,72)/t42-,43-,44-,45-,48-,49-/m0/s1. The molecule has 0 spiro atoms. The zero-order valence-electron chi connectivity index (χ0n) is 42.3. The van der Waals surface area contributed by atoms with Crippen molar-refractivity contribution < 1.29 is 43.5 Å². The summed E-state index contributed by atoms with van der Waals surface area (Å²) in [6.07, 6.45) is -1.08. The number of rotatable bonds is 20. The molecule has 13 N–H and O–H groups in total. The van der Waals surface area contributed by atoms with Crippen molar-refractivity contribution in [1.82, 2.24) is 51.7 Å². The molecule has 2 aromatic heterocycles. The number of fused-ring (bicyclic) bond motifs is 6. The van der Waals surface area contributed by atoms with Gasteiger partial charge in [0.15, 0.2) is 0 Å². The summed E-state index contributed by atoms with van der Waals surface area (Å²) in [6, 6.07) is 26.3. The number of hydrogen-bond acceptors (Lipinski definition) is 11. The van der Waals surface area contributed by atoms with Crippen molar-refractivity contribution in [3.05, 3.63) is 143 Å². The molecule has 0 bridgehead atoms. The van der Waals surface area contributed by atoms with Gasteiger partial charge < -0.3 is 68.2 Å². The van der Waals surface area contributed by atoms with Crippen LogP contribution < -0.4 is 43.4 Å². The number of aromatic nitrogens is 2. The Balaban J connectivity index is 1.00. The van der Waals surface area contributed by atoms with E-state index in [0.29, 0.717) is 11.4 Å². The number of aliphatic hydroxyl groups excluding tert-OH is 1. The first-order valence-electron chi connectivity index (χ1n) is 25.3. The first kappa shape index (κ1) is 53.9. The van der Waals surface area contributed by atoms with Crippen molar-refractivity contribution in [2.75, 3.05) is 26.2 Å². The third-order valence-corrected chi connectivity index (χ3v) is 13.9. The Morgan fingerprint density at radius 1 is 0.539 bits per heavy atom. The van der Waals surface area contributed by atoms with E-state index in [-0.39, 0.29) is 65.0 Å². The van der Waals surface area contributed by atoms with Gasteiger partial charge >= 0.3 is 0 Å². The van der Waals surface area contributed by atoms with E-state index in [4.69, 9.17) is 11.5 Å². The van der Waals surface area contributed by atoms with E-state index in [1.54, 1.807) is 48.5 Å². The van der Waals surface area contributed by atoms with Crippen LogP contribution in [0.2, 0.25) is 0 Å². The topological polar surface area (TPSA) is 319 Å². The fraction of sp³-hybridized carbons (Fsp3) is 0.345. The number of H-pyrrole nitrogens is 2. The highest BCUT2D eigenvalue weighted by molar-refractivity contribution is 5.98. The van der Waals surface area contributed by atoms with Gasteiger partial charge in [0.05, 0.1) is 19.2 Å². The molecule has 398 valence electrons. The Bertz CT molecular complexity index is 2900. The summed E-state index contributed by atoms with van der Waals surface area (Å²) in [5, 5.41) is 29.3. The second-order valence-corrected chi connectivity index (χ2v) is 19.3. The Kier molecular flexibility index (Phi) is 17.2. The van der Waals surface area contributed by atoms with E-state index in [9.17, 15) is 43.5 Å². The van der Waals surface area contributed by atoms with E-state index in [1.165, 1.54) is 23.6 Å². The van der Waals surface area contributed by atoms with Gasteiger partial charge in [-0.05, 0) is 34.4 Å². The van der Waals surface area contributed by atoms with Crippen LogP contribution in [0.1, 0.15) is 47.5 Å². The fourth-order valence-electron chi connectivity index (χ4n) is 10.1. The lowest BCUT2D eigenvalue weighted by Gasteiger charge is -2.38. The second-order valence-electron chi connectivity index (χ2n) is 19.3. The van der Waals surface area contributed by atoms with Gasteiger partial charge in [0.25, 0.3) is 0 Å². The van der Waals surface area contributed by atoms with E-state index < -0.39 is 89.6 Å². The highest BCUT2D eigenvalue weighted by Crippen LogP contribution is 2.33. The van der Waals surface area contributed by atoms with E-state index >= 15 is 0 Å². The van der Waals surface area contributed by atoms with Crippen molar-refractivity contribution in [1.29, 1.82) is 0 Å². The molecule has 8 amide bonds. The Morgan fingerprint density at radius 2 is 0.908 bits per heavy atom. The third kappa shape index (κ3) is 12.6. The number of nitrogens with zero attached hydrogens (tertiary/aromatic N) is 2. The number of amides is 8. The predicted octanol–water partition coefficient (Wildman–Crippen LogP) is -0.169. The van der Waals surface area contributed by atoms with Gasteiger partial charge in [-0.2, -0.15) is 0 Å². The first-order valence-corrected chi connectivity index (χ1v) is 25.3. The lowest BCUT2D eigenvalue weighted by atomic mass is 9.94. The third-order valence-electron chi connectivity index (χ3n) is 13.9. The summed E-state index contributed by atoms with van der Waals surface area (Å²) < 4.78 is 0. The highest BCUT2D eigenvalue weighted by atomic mass is 16.3. The molecule has 2 aliphatic heterocycles. The Morgan fingerprint density at radius 3 is 1.28 bits per heavy atom. The normalized spacial score (nSPS) is 16.6. The number of nitrogens with two attached hydrogens (primary N) is 2. The summed E-state index contributed by atoms with van der Waals surface area (Å²) in [6.45, 7) is 1.28. The SMILES string of the molecule is CC(=O)N[C@@H](CN)C(=O)N[C@@H](Cc1ccccc1)C(=O)N1Cc2[nH]c3ccccc3c2C[C@H]1C(=O)NCC(O)CNC(=O)[C@@H]1Cc2c([nH]c3ccccc23)CN1C(=O)[C@H](Cc1ccccc1)NC(=O)[C@H](CN)NC(C)=O. The van der Waals surface area contributed by atoms with Crippen LogP contribution in [0, 0.1) is 0 Å². The van der Waals surface area contributed by atoms with Crippen LogP contribution in [0.15, 0.2) is 109 Å². The van der Waals surface area contributed by atoms with Crippen LogP contribution in [0.5, 0.6) is 0 Å². The van der Waals surface area contributed by atoms with Gasteiger partial charge in [-0.25, -0.2) is 0 Å². The lowest BCUT2D eigenvalue weighted by molar-refractivity contribution is -0.145. The second kappa shape index (κ2) is 24.3. The average molecular weight is 1040 g/mol. The largest absolute Gasteiger partial charge is 0.389 e. The molecule has 0 aliphatic carbocycles. The van der Waals surface area contributed by atoms with Gasteiger partial charge in [0.2, 0.25) is 47.3 Å². The maximum absolute atomic E-state index is 14.9. The molecule has 0 radical (unpaired) electrons. The molecule has 21 nitrogen and oxygen atoms in total. The number of aliphatic hydroxyl groups is 1. The van der Waals surface area contributed by atoms with Gasteiger partial charge in [0, 0.05) is 98.9 Å². The van der Waals surface area contributed by atoms with Gasteiger partial charge in [-0.1, -0.05) is 97.1 Å². The van der Waals surface area contributed by atoms with E-state index in [0.717, 1.165) is 44.1 Å². The van der Waals surface area contributed by atoms with Crippen LogP contribution in [-0.4, -0.2) is 141 Å². The lowest BCUT2D eigenvalue weighted by Crippen LogP contribution is -2.61. The van der Waals surface area contributed by atoms with Crippen molar-refractivity contribution in [2.24, 2.45) is 11.5 Å². The molecule has 0 saturated heterocycles. The van der Waals surface area contributed by atoms with Crippen molar-refractivity contribution in [2.45, 2.75) is 95.0 Å². The summed E-state index contributed by atoms with van der Waals surface area (Å²) in [5.41, 5.74) is 17.8. The van der Waals surface area contributed by atoms with Crippen molar-refractivity contribution >= 4 is 69.1 Å². The predicted molar refractivity (Wildman–Crippen MR) is 282 cm³/mol. The summed E-state index contributed by atoms with van der Waals surface area (Å²) in [5.74, 6) is -4.68. The zero-order chi connectivity index (χ0) is 54.0. The van der Waals surface area contributed by atoms with Gasteiger partial charge in [0.1, 0.15) is 36.3 Å². The minimum Gasteiger partial charge on any atom is -0.389 e. The molecule has 4 heterocycles. The minimum atomic E-state index is -1.35. The molecule has 0 unspecified atom stereocenters. The number of benzene rings is 4. The van der Waals surface area contributed by atoms with Crippen LogP contribution in [-0.2, 0) is 77.1 Å². The van der Waals surface area contributed by atoms with Gasteiger partial charge in [-0.15, -0.1) is 0 Å². The minimum absolute atomic E-state index is 0.0275. The van der Waals surface area contributed by atoms with Crippen LogP contribution in [0.3, 0.4) is 0 Å². The molecule has 4 aromatic carbocycles. The monoisotopic (exact) mass is 1040 g/mol. The number of carbonyl (C=O) groups excluding carboxylic acids is 8. The average Bonchev–Trinajstić information content (AvgIpc) is 4.00. The Hall–Kier alpha value is -8.40. The van der Waals surface area contributed by atoms with E-state index in [2.05, 4.69) is 41.9 Å². The van der Waals surface area contributed by atoms with E-state index in [1.807, 2.05) is 60.7 Å². The first-order chi connectivity index (χ1) is 36.6. The molecule has 76 heavy (non-hydrogen) atoms. The Labute approximate surface area is 438 Å². The summed E-state index contributed by atoms with van der Waals surface area (Å²) >= 11 is 0. The molecular weight excluding hydrogens is 973 g/mol. The number of nitrogens with one attached hydrogen (secondary N) is 8. The highest BCUT2D eigenvalue weighted by Gasteiger charge is 2.42. The maximum atomic E-state index is 14.9. The molecule has 8 rings (SSSR count). The van der Waals surface area contributed by atoms with Crippen molar-refractivity contribution in [3.63, 3.8) is 0 Å². The number of aromatic amines is 2. The van der Waals surface area contributed by atoms with Crippen LogP contribution in [0.25, 0.3) is 21.8 Å². The smallest absolute Gasteiger partial charge is 0.246 e. The number of carbonyl (C=O) groups is 8. The number of hydrogen-bond donors (Lipinski definition) is 11. The molecule has 21 heteroatoms.